The Labute approximate surface area is 95.8 Å². The second kappa shape index (κ2) is 4.44. The molecule has 0 fully saturated rings. The molecule has 1 aliphatic rings. The van der Waals surface area contributed by atoms with Crippen molar-refractivity contribution in [3.8, 4) is 0 Å². The Hall–Kier alpha value is -1.69. The normalized spacial score (nSPS) is 15.2. The van der Waals surface area contributed by atoms with Crippen LogP contribution in [0.4, 0.5) is 0 Å². The van der Waals surface area contributed by atoms with Crippen LogP contribution in [0, 0.1) is 0 Å². The maximum Gasteiger partial charge on any atom is 0.355 e. The Bertz CT molecular complexity index is 445. The third-order valence-corrected chi connectivity index (χ3v) is 3.10. The van der Waals surface area contributed by atoms with Crippen LogP contribution < -0.4 is 5.32 Å². The maximum absolute atomic E-state index is 11.7. The van der Waals surface area contributed by atoms with Crippen LogP contribution in [0.2, 0.25) is 0 Å². The van der Waals surface area contributed by atoms with Crippen molar-refractivity contribution in [1.29, 1.82) is 0 Å². The van der Waals surface area contributed by atoms with Gasteiger partial charge in [0, 0.05) is 11.4 Å². The summed E-state index contributed by atoms with van der Waals surface area (Å²) in [5, 5.41) is 13.0. The SMILES string of the molecule is O=C(O)c1csc(C(=O)NC2CC=CC2)n1. The molecule has 84 valence electrons. The van der Waals surface area contributed by atoms with E-state index in [9.17, 15) is 9.59 Å². The van der Waals surface area contributed by atoms with Gasteiger partial charge in [-0.25, -0.2) is 9.78 Å². The summed E-state index contributed by atoms with van der Waals surface area (Å²) in [6.45, 7) is 0. The van der Waals surface area contributed by atoms with E-state index < -0.39 is 5.97 Å². The highest BCUT2D eigenvalue weighted by molar-refractivity contribution is 7.11. The summed E-state index contributed by atoms with van der Waals surface area (Å²) in [6.07, 6.45) is 5.66. The molecule has 2 N–H and O–H groups in total. The summed E-state index contributed by atoms with van der Waals surface area (Å²) >= 11 is 1.04. The molecule has 0 unspecified atom stereocenters. The zero-order chi connectivity index (χ0) is 11.5. The predicted molar refractivity (Wildman–Crippen MR) is 58.7 cm³/mol. The fourth-order valence-corrected chi connectivity index (χ4v) is 2.15. The van der Waals surface area contributed by atoms with Crippen LogP contribution in [0.5, 0.6) is 0 Å². The molecule has 0 atom stereocenters. The number of carboxylic acids is 1. The number of carboxylic acid groups (broad SMARTS) is 1. The molecule has 0 saturated carbocycles. The largest absolute Gasteiger partial charge is 0.476 e. The molecular weight excluding hydrogens is 228 g/mol. The Kier molecular flexibility index (Phi) is 3.00. The number of thiazole rings is 1. The van der Waals surface area contributed by atoms with Crippen LogP contribution in [-0.2, 0) is 0 Å². The molecule has 0 saturated heterocycles. The molecule has 5 nitrogen and oxygen atoms in total. The molecule has 1 aromatic heterocycles. The lowest BCUT2D eigenvalue weighted by Gasteiger charge is -2.09. The number of nitrogens with one attached hydrogen (secondary N) is 1. The van der Waals surface area contributed by atoms with E-state index in [2.05, 4.69) is 10.3 Å². The molecule has 0 aromatic carbocycles. The molecule has 0 spiro atoms. The zero-order valence-electron chi connectivity index (χ0n) is 8.34. The van der Waals surface area contributed by atoms with E-state index in [0.29, 0.717) is 0 Å². The first kappa shape index (κ1) is 10.8. The Morgan fingerprint density at radius 3 is 2.69 bits per heavy atom. The van der Waals surface area contributed by atoms with Gasteiger partial charge >= 0.3 is 5.97 Å². The molecule has 0 radical (unpaired) electrons. The highest BCUT2D eigenvalue weighted by Gasteiger charge is 2.18. The van der Waals surface area contributed by atoms with E-state index in [4.69, 9.17) is 5.11 Å². The van der Waals surface area contributed by atoms with Gasteiger partial charge in [0.15, 0.2) is 10.7 Å². The van der Waals surface area contributed by atoms with Gasteiger partial charge in [0.05, 0.1) is 0 Å². The monoisotopic (exact) mass is 238 g/mol. The first-order chi connectivity index (χ1) is 7.66. The molecular formula is C10H10N2O3S. The minimum atomic E-state index is -1.11. The number of aromatic carboxylic acids is 1. The van der Waals surface area contributed by atoms with Crippen molar-refractivity contribution in [2.75, 3.05) is 0 Å². The average Bonchev–Trinajstić information content (AvgIpc) is 2.86. The highest BCUT2D eigenvalue weighted by atomic mass is 32.1. The minimum Gasteiger partial charge on any atom is -0.476 e. The number of aromatic nitrogens is 1. The van der Waals surface area contributed by atoms with Gasteiger partial charge in [0.1, 0.15) is 0 Å². The van der Waals surface area contributed by atoms with Crippen LogP contribution >= 0.6 is 11.3 Å². The third-order valence-electron chi connectivity index (χ3n) is 2.26. The first-order valence-corrected chi connectivity index (χ1v) is 5.69. The van der Waals surface area contributed by atoms with Crippen LogP contribution in [0.15, 0.2) is 17.5 Å². The molecule has 1 aliphatic carbocycles. The quantitative estimate of drug-likeness (QED) is 0.778. The summed E-state index contributed by atoms with van der Waals surface area (Å²) in [5.41, 5.74) is -0.0836. The molecule has 1 heterocycles. The number of carbonyl (C=O) groups is 2. The maximum atomic E-state index is 11.7. The molecule has 16 heavy (non-hydrogen) atoms. The minimum absolute atomic E-state index is 0.0836. The van der Waals surface area contributed by atoms with Crippen LogP contribution in [0.1, 0.15) is 33.1 Å². The summed E-state index contributed by atoms with van der Waals surface area (Å²) in [7, 11) is 0. The predicted octanol–water partition coefficient (Wildman–Crippen LogP) is 1.29. The van der Waals surface area contributed by atoms with Crippen molar-refractivity contribution in [2.45, 2.75) is 18.9 Å². The average molecular weight is 238 g/mol. The number of carbonyl (C=O) groups excluding carboxylic acids is 1. The third kappa shape index (κ3) is 2.27. The van der Waals surface area contributed by atoms with Gasteiger partial charge in [-0.05, 0) is 12.8 Å². The molecule has 0 bridgehead atoms. The molecule has 1 amide bonds. The van der Waals surface area contributed by atoms with Crippen molar-refractivity contribution < 1.29 is 14.7 Å². The van der Waals surface area contributed by atoms with Gasteiger partial charge in [-0.2, -0.15) is 0 Å². The van der Waals surface area contributed by atoms with Crippen molar-refractivity contribution in [3.05, 3.63) is 28.2 Å². The molecule has 6 heteroatoms. The van der Waals surface area contributed by atoms with Crippen molar-refractivity contribution in [2.24, 2.45) is 0 Å². The van der Waals surface area contributed by atoms with Gasteiger partial charge in [0.25, 0.3) is 5.91 Å². The van der Waals surface area contributed by atoms with Crippen molar-refractivity contribution in [1.82, 2.24) is 10.3 Å². The topological polar surface area (TPSA) is 79.3 Å². The van der Waals surface area contributed by atoms with Gasteiger partial charge in [-0.3, -0.25) is 4.79 Å². The van der Waals surface area contributed by atoms with Crippen LogP contribution in [-0.4, -0.2) is 28.0 Å². The van der Waals surface area contributed by atoms with Gasteiger partial charge in [0.2, 0.25) is 0 Å². The van der Waals surface area contributed by atoms with Crippen molar-refractivity contribution in [3.63, 3.8) is 0 Å². The van der Waals surface area contributed by atoms with E-state index in [-0.39, 0.29) is 22.7 Å². The fourth-order valence-electron chi connectivity index (χ4n) is 1.46. The van der Waals surface area contributed by atoms with E-state index in [0.717, 1.165) is 24.2 Å². The van der Waals surface area contributed by atoms with E-state index in [1.54, 1.807) is 0 Å². The van der Waals surface area contributed by atoms with Gasteiger partial charge in [-0.15, -0.1) is 11.3 Å². The number of rotatable bonds is 3. The number of amides is 1. The standard InChI is InChI=1S/C10H10N2O3S/c13-8(11-6-3-1-2-4-6)9-12-7(5-16-9)10(14)15/h1-2,5-6H,3-4H2,(H,11,13)(H,14,15). The Morgan fingerprint density at radius 2 is 2.12 bits per heavy atom. The first-order valence-electron chi connectivity index (χ1n) is 4.81. The smallest absolute Gasteiger partial charge is 0.355 e. The summed E-state index contributed by atoms with van der Waals surface area (Å²) < 4.78 is 0. The lowest BCUT2D eigenvalue weighted by molar-refractivity contribution is 0.0691. The lowest BCUT2D eigenvalue weighted by Crippen LogP contribution is -2.32. The molecule has 1 aromatic rings. The summed E-state index contributed by atoms with van der Waals surface area (Å²) in [6, 6.07) is 0.115. The van der Waals surface area contributed by atoms with E-state index >= 15 is 0 Å². The summed E-state index contributed by atoms with van der Waals surface area (Å²) in [4.78, 5) is 26.0. The number of nitrogens with zero attached hydrogens (tertiary/aromatic N) is 1. The molecule has 2 rings (SSSR count). The van der Waals surface area contributed by atoms with E-state index in [1.165, 1.54) is 5.38 Å². The number of hydrogen-bond acceptors (Lipinski definition) is 4. The Morgan fingerprint density at radius 1 is 1.44 bits per heavy atom. The second-order valence-electron chi connectivity index (χ2n) is 3.46. The van der Waals surface area contributed by atoms with Gasteiger partial charge in [-0.1, -0.05) is 12.2 Å². The fraction of sp³-hybridized carbons (Fsp3) is 0.300. The molecule has 0 aliphatic heterocycles. The van der Waals surface area contributed by atoms with Crippen LogP contribution in [0.25, 0.3) is 0 Å². The van der Waals surface area contributed by atoms with Gasteiger partial charge < -0.3 is 10.4 Å². The zero-order valence-corrected chi connectivity index (χ0v) is 9.16. The van der Waals surface area contributed by atoms with Crippen LogP contribution in [0.3, 0.4) is 0 Å². The Balaban J connectivity index is 2.00. The number of hydrogen-bond donors (Lipinski definition) is 2. The van der Waals surface area contributed by atoms with Crippen molar-refractivity contribution >= 4 is 23.2 Å². The van der Waals surface area contributed by atoms with E-state index in [1.807, 2.05) is 12.2 Å². The second-order valence-corrected chi connectivity index (χ2v) is 4.31. The summed E-state index contributed by atoms with van der Waals surface area (Å²) in [5.74, 6) is -1.41. The highest BCUT2D eigenvalue weighted by Crippen LogP contribution is 2.13. The lowest BCUT2D eigenvalue weighted by atomic mass is 10.2.